The fourth-order valence-corrected chi connectivity index (χ4v) is 7.59. The molecule has 3 amide bonds. The first kappa shape index (κ1) is 25.6. The Hall–Kier alpha value is -4.34. The Morgan fingerprint density at radius 3 is 2.49 bits per heavy atom. The number of fused-ring (bicyclic) bond motifs is 3. The van der Waals surface area contributed by atoms with E-state index in [9.17, 15) is 23.2 Å². The summed E-state index contributed by atoms with van der Waals surface area (Å²) in [6, 6.07) is 12.2. The van der Waals surface area contributed by atoms with E-state index >= 15 is 0 Å². The molecule has 8 nitrogen and oxygen atoms in total. The molecule has 4 aliphatic rings. The van der Waals surface area contributed by atoms with E-state index in [1.807, 2.05) is 30.3 Å². The molecule has 41 heavy (non-hydrogen) atoms. The Labute approximate surface area is 235 Å². The van der Waals surface area contributed by atoms with E-state index in [1.54, 1.807) is 6.20 Å². The average molecular weight is 558 g/mol. The average Bonchev–Trinajstić information content (AvgIpc) is 3.63. The van der Waals surface area contributed by atoms with Gasteiger partial charge in [-0.15, -0.1) is 0 Å². The molecule has 1 aromatic heterocycles. The number of nitrogens with two attached hydrogens (primary N) is 1. The van der Waals surface area contributed by atoms with Gasteiger partial charge in [0.05, 0.1) is 11.5 Å². The first-order chi connectivity index (χ1) is 19.7. The molecular weight excluding hydrogens is 528 g/mol. The van der Waals surface area contributed by atoms with Crippen molar-refractivity contribution in [2.24, 2.45) is 5.73 Å². The number of rotatable bonds is 4. The zero-order chi connectivity index (χ0) is 28.5. The van der Waals surface area contributed by atoms with Crippen LogP contribution in [-0.2, 0) is 32.6 Å². The van der Waals surface area contributed by atoms with Gasteiger partial charge in [-0.3, -0.25) is 14.4 Å². The molecule has 0 radical (unpaired) electrons. The van der Waals surface area contributed by atoms with Crippen molar-refractivity contribution in [1.82, 2.24) is 9.88 Å². The maximum Gasteiger partial charge on any atom is 0.249 e. The monoisotopic (exact) mass is 557 g/mol. The van der Waals surface area contributed by atoms with Crippen LogP contribution in [-0.4, -0.2) is 46.2 Å². The number of anilines is 2. The molecule has 1 unspecified atom stereocenters. The van der Waals surface area contributed by atoms with Gasteiger partial charge in [0.15, 0.2) is 0 Å². The number of amides is 3. The number of piperazine rings is 1. The highest BCUT2D eigenvalue weighted by Gasteiger charge is 2.55. The lowest BCUT2D eigenvalue weighted by atomic mass is 9.79. The van der Waals surface area contributed by atoms with Crippen LogP contribution in [0.4, 0.5) is 20.3 Å². The first-order valence-electron chi connectivity index (χ1n) is 13.9. The van der Waals surface area contributed by atoms with Crippen molar-refractivity contribution in [1.29, 1.82) is 0 Å². The summed E-state index contributed by atoms with van der Waals surface area (Å²) in [5.74, 6) is -1.94. The SMILES string of the molecule is NC(=O)CN1C(=O)C2(CCCC2)N(c2ccc3c(c2)C[C@@]2(C3)C(=O)Nc3ncccc32)CC1c1cc(F)cc(F)c1. The summed E-state index contributed by atoms with van der Waals surface area (Å²) in [4.78, 5) is 47.4. The molecule has 2 aliphatic carbocycles. The van der Waals surface area contributed by atoms with Crippen LogP contribution in [0.5, 0.6) is 0 Å². The van der Waals surface area contributed by atoms with Crippen molar-refractivity contribution in [3.8, 4) is 0 Å². The molecule has 7 rings (SSSR count). The van der Waals surface area contributed by atoms with Crippen LogP contribution in [0.2, 0.25) is 0 Å². The van der Waals surface area contributed by atoms with E-state index in [-0.39, 0.29) is 30.5 Å². The highest BCUT2D eigenvalue weighted by atomic mass is 19.1. The number of aromatic nitrogens is 1. The van der Waals surface area contributed by atoms with Crippen LogP contribution in [0.15, 0.2) is 54.7 Å². The number of pyridine rings is 1. The van der Waals surface area contributed by atoms with Crippen molar-refractivity contribution in [2.75, 3.05) is 23.3 Å². The van der Waals surface area contributed by atoms with Crippen molar-refractivity contribution in [2.45, 2.75) is 55.5 Å². The minimum Gasteiger partial charge on any atom is -0.368 e. The van der Waals surface area contributed by atoms with Gasteiger partial charge in [0.25, 0.3) is 0 Å². The third kappa shape index (κ3) is 3.83. The molecule has 2 aliphatic heterocycles. The van der Waals surface area contributed by atoms with Gasteiger partial charge in [0.2, 0.25) is 17.7 Å². The second-order valence-electron chi connectivity index (χ2n) is 11.7. The highest BCUT2D eigenvalue weighted by molar-refractivity contribution is 6.06. The molecule has 3 N–H and O–H groups in total. The van der Waals surface area contributed by atoms with E-state index < -0.39 is 34.5 Å². The quantitative estimate of drug-likeness (QED) is 0.510. The summed E-state index contributed by atoms with van der Waals surface area (Å²) in [5.41, 5.74) is 7.96. The van der Waals surface area contributed by atoms with Gasteiger partial charge < -0.3 is 20.9 Å². The molecule has 1 saturated heterocycles. The fourth-order valence-electron chi connectivity index (χ4n) is 7.59. The maximum absolute atomic E-state index is 14.3. The van der Waals surface area contributed by atoms with Gasteiger partial charge >= 0.3 is 0 Å². The largest absolute Gasteiger partial charge is 0.368 e. The van der Waals surface area contributed by atoms with Gasteiger partial charge in [0.1, 0.15) is 29.5 Å². The van der Waals surface area contributed by atoms with Crippen LogP contribution in [0.3, 0.4) is 0 Å². The van der Waals surface area contributed by atoms with Crippen molar-refractivity contribution >= 4 is 29.2 Å². The van der Waals surface area contributed by atoms with Gasteiger partial charge in [-0.2, -0.15) is 0 Å². The molecule has 1 saturated carbocycles. The van der Waals surface area contributed by atoms with Crippen LogP contribution in [0, 0.1) is 11.6 Å². The molecule has 3 aromatic rings. The smallest absolute Gasteiger partial charge is 0.249 e. The summed E-state index contributed by atoms with van der Waals surface area (Å²) in [6.45, 7) is -0.106. The lowest BCUT2D eigenvalue weighted by molar-refractivity contribution is -0.145. The number of benzene rings is 2. The van der Waals surface area contributed by atoms with E-state index in [4.69, 9.17) is 5.73 Å². The van der Waals surface area contributed by atoms with Crippen LogP contribution < -0.4 is 16.0 Å². The summed E-state index contributed by atoms with van der Waals surface area (Å²) >= 11 is 0. The Bertz CT molecular complexity index is 1600. The first-order valence-corrected chi connectivity index (χ1v) is 13.9. The second kappa shape index (κ2) is 9.09. The molecule has 2 fully saturated rings. The predicted molar refractivity (Wildman–Crippen MR) is 147 cm³/mol. The molecule has 10 heteroatoms. The number of hydrogen-bond donors (Lipinski definition) is 2. The third-order valence-electron chi connectivity index (χ3n) is 9.41. The molecule has 0 bridgehead atoms. The molecule has 2 aromatic carbocycles. The maximum atomic E-state index is 14.3. The van der Waals surface area contributed by atoms with Gasteiger partial charge in [0, 0.05) is 30.1 Å². The van der Waals surface area contributed by atoms with Crippen LogP contribution >= 0.6 is 0 Å². The zero-order valence-corrected chi connectivity index (χ0v) is 22.3. The second-order valence-corrected chi connectivity index (χ2v) is 11.7. The van der Waals surface area contributed by atoms with Gasteiger partial charge in [-0.25, -0.2) is 13.8 Å². The van der Waals surface area contributed by atoms with E-state index in [0.717, 1.165) is 41.3 Å². The lowest BCUT2D eigenvalue weighted by Gasteiger charge is -2.52. The number of carbonyl (C=O) groups is 3. The standard InChI is InChI=1S/C31H29F2N5O3/c32-21-10-19(11-22(33)13-21)25-16-38(31(7-1-2-8-31)29(41)37(25)17-26(34)39)23-6-5-18-14-30(15-20(18)12-23)24-4-3-9-35-27(24)36-28(30)40/h3-6,9-13,25H,1-2,7-8,14-17H2,(H2,34,39)(H,35,36,40)/t25?,30-/m1/s1. The molecule has 210 valence electrons. The normalized spacial score (nSPS) is 24.2. The van der Waals surface area contributed by atoms with Crippen LogP contribution in [0.25, 0.3) is 0 Å². The number of hydrogen-bond acceptors (Lipinski definition) is 5. The van der Waals surface area contributed by atoms with Crippen LogP contribution in [0.1, 0.15) is 54.0 Å². The number of carbonyl (C=O) groups excluding carboxylic acids is 3. The Kier molecular flexibility index (Phi) is 5.68. The van der Waals surface area contributed by atoms with Gasteiger partial charge in [-0.05, 0) is 72.7 Å². The zero-order valence-electron chi connectivity index (χ0n) is 22.3. The Morgan fingerprint density at radius 2 is 1.76 bits per heavy atom. The lowest BCUT2D eigenvalue weighted by Crippen LogP contribution is -2.66. The predicted octanol–water partition coefficient (Wildman–Crippen LogP) is 3.54. The highest BCUT2D eigenvalue weighted by Crippen LogP contribution is 2.50. The van der Waals surface area contributed by atoms with Crippen molar-refractivity contribution in [3.63, 3.8) is 0 Å². The number of primary amides is 1. The van der Waals surface area contributed by atoms with E-state index in [1.165, 1.54) is 17.0 Å². The minimum absolute atomic E-state index is 0.0698. The fraction of sp³-hybridized carbons (Fsp3) is 0.355. The van der Waals surface area contributed by atoms with E-state index in [2.05, 4.69) is 15.2 Å². The molecule has 2 atom stereocenters. The summed E-state index contributed by atoms with van der Waals surface area (Å²) in [6.07, 6.45) is 5.57. The molecule has 2 spiro atoms. The Morgan fingerprint density at radius 1 is 1.02 bits per heavy atom. The van der Waals surface area contributed by atoms with E-state index in [0.29, 0.717) is 31.5 Å². The van der Waals surface area contributed by atoms with Crippen molar-refractivity contribution in [3.05, 3.63) is 88.6 Å². The number of halogens is 2. The summed E-state index contributed by atoms with van der Waals surface area (Å²) < 4.78 is 28.7. The number of nitrogens with one attached hydrogen (secondary N) is 1. The third-order valence-corrected chi connectivity index (χ3v) is 9.41. The minimum atomic E-state index is -0.899. The topological polar surface area (TPSA) is 109 Å². The molecular formula is C31H29F2N5O3. The molecule has 3 heterocycles. The summed E-state index contributed by atoms with van der Waals surface area (Å²) in [5, 5.41) is 2.93. The van der Waals surface area contributed by atoms with Gasteiger partial charge in [-0.1, -0.05) is 25.0 Å². The van der Waals surface area contributed by atoms with Crippen molar-refractivity contribution < 1.29 is 23.2 Å². The summed E-state index contributed by atoms with van der Waals surface area (Å²) in [7, 11) is 0. The number of nitrogens with zero attached hydrogens (tertiary/aromatic N) is 3. The Balaban J connectivity index is 1.30.